The van der Waals surface area contributed by atoms with Gasteiger partial charge in [-0.2, -0.15) is 10.1 Å². The third kappa shape index (κ3) is 5.54. The molecular formula is C11H17N5. The Hall–Kier alpha value is -2.17. The molecule has 0 radical (unpaired) electrons. The summed E-state index contributed by atoms with van der Waals surface area (Å²) in [4.78, 5) is 7.41. The molecule has 16 heavy (non-hydrogen) atoms. The van der Waals surface area contributed by atoms with Crippen molar-refractivity contribution in [1.29, 1.82) is 0 Å². The number of hydrogen-bond donors (Lipinski definition) is 2. The summed E-state index contributed by atoms with van der Waals surface area (Å²) in [6.07, 6.45) is 7.17. The van der Waals surface area contributed by atoms with Gasteiger partial charge in [0.15, 0.2) is 5.84 Å². The first-order valence-corrected chi connectivity index (χ1v) is 4.70. The molecule has 0 bridgehead atoms. The Morgan fingerprint density at radius 3 is 2.50 bits per heavy atom. The molecular weight excluding hydrogens is 202 g/mol. The minimum Gasteiger partial charge on any atom is -0.368 e. The average Bonchev–Trinajstić information content (AvgIpc) is 2.30. The normalized spacial score (nSPS) is 14.0. The molecule has 3 N–H and O–H groups in total. The molecule has 0 spiro atoms. The zero-order valence-corrected chi connectivity index (χ0v) is 9.64. The van der Waals surface area contributed by atoms with Crippen molar-refractivity contribution in [2.45, 2.75) is 6.92 Å². The maximum absolute atomic E-state index is 5.42. The molecule has 0 heterocycles. The number of nitrogens with two attached hydrogens (primary N) is 1. The van der Waals surface area contributed by atoms with Gasteiger partial charge in [0.25, 0.3) is 0 Å². The molecule has 0 aliphatic heterocycles. The third-order valence-electron chi connectivity index (χ3n) is 1.61. The lowest BCUT2D eigenvalue weighted by molar-refractivity contribution is 0.899. The van der Waals surface area contributed by atoms with E-state index in [1.165, 1.54) is 0 Å². The van der Waals surface area contributed by atoms with E-state index in [1.807, 2.05) is 19.1 Å². The number of nitrogens with one attached hydrogen (secondary N) is 1. The molecule has 0 aromatic heterocycles. The Balaban J connectivity index is 4.91. The smallest absolute Gasteiger partial charge is 0.221 e. The standard InChI is InChI=1S/C11H17N5/c1-5-9(6-2)7-8-10(16-14-4)15-11(12)13-3/h5-8,14H,1,3H2,2,4H3,(H2,12,15,16)/b8-7+,9-6+. The van der Waals surface area contributed by atoms with Crippen molar-refractivity contribution >= 4 is 18.5 Å². The SMILES string of the molecule is C=CC(/C=C/C(N=C(N)N=C)=N\NC)=C\C. The second-order valence-corrected chi connectivity index (χ2v) is 2.65. The molecule has 0 aliphatic rings. The molecule has 0 amide bonds. The van der Waals surface area contributed by atoms with Gasteiger partial charge in [-0.15, -0.1) is 0 Å². The molecule has 0 aromatic rings. The second-order valence-electron chi connectivity index (χ2n) is 2.65. The minimum absolute atomic E-state index is 0.0688. The highest BCUT2D eigenvalue weighted by Crippen LogP contribution is 1.98. The molecule has 0 rings (SSSR count). The van der Waals surface area contributed by atoms with Crippen molar-refractivity contribution in [2.75, 3.05) is 7.05 Å². The summed E-state index contributed by atoms with van der Waals surface area (Å²) in [6.45, 7) is 8.85. The van der Waals surface area contributed by atoms with Gasteiger partial charge in [0, 0.05) is 7.05 Å². The van der Waals surface area contributed by atoms with Crippen LogP contribution in [-0.4, -0.2) is 25.6 Å². The van der Waals surface area contributed by atoms with Crippen molar-refractivity contribution in [3.05, 3.63) is 36.5 Å². The topological polar surface area (TPSA) is 75.1 Å². The van der Waals surface area contributed by atoms with Gasteiger partial charge in [0.05, 0.1) is 0 Å². The summed E-state index contributed by atoms with van der Waals surface area (Å²) in [6, 6.07) is 0. The summed E-state index contributed by atoms with van der Waals surface area (Å²) in [7, 11) is 1.67. The molecule has 0 atom stereocenters. The highest BCUT2D eigenvalue weighted by molar-refractivity contribution is 6.02. The number of rotatable bonds is 4. The van der Waals surface area contributed by atoms with Crippen molar-refractivity contribution in [3.63, 3.8) is 0 Å². The van der Waals surface area contributed by atoms with Crippen LogP contribution in [0, 0.1) is 0 Å². The number of hydrogen-bond acceptors (Lipinski definition) is 2. The van der Waals surface area contributed by atoms with Crippen LogP contribution in [0.1, 0.15) is 6.92 Å². The van der Waals surface area contributed by atoms with Crippen LogP contribution in [0.5, 0.6) is 0 Å². The molecule has 5 nitrogen and oxygen atoms in total. The summed E-state index contributed by atoms with van der Waals surface area (Å²) >= 11 is 0. The van der Waals surface area contributed by atoms with Crippen LogP contribution in [-0.2, 0) is 0 Å². The van der Waals surface area contributed by atoms with E-state index in [0.29, 0.717) is 5.84 Å². The largest absolute Gasteiger partial charge is 0.368 e. The minimum atomic E-state index is 0.0688. The lowest BCUT2D eigenvalue weighted by atomic mass is 10.2. The maximum atomic E-state index is 5.42. The van der Waals surface area contributed by atoms with Gasteiger partial charge in [-0.05, 0) is 25.3 Å². The number of hydrazone groups is 1. The third-order valence-corrected chi connectivity index (χ3v) is 1.61. The summed E-state index contributed by atoms with van der Waals surface area (Å²) in [5.74, 6) is 0.480. The Morgan fingerprint density at radius 2 is 2.06 bits per heavy atom. The first kappa shape index (κ1) is 13.8. The van der Waals surface area contributed by atoms with E-state index < -0.39 is 0 Å². The highest BCUT2D eigenvalue weighted by atomic mass is 15.3. The van der Waals surface area contributed by atoms with E-state index in [1.54, 1.807) is 19.2 Å². The quantitative estimate of drug-likeness (QED) is 0.323. The molecule has 0 unspecified atom stereocenters. The Morgan fingerprint density at radius 1 is 1.38 bits per heavy atom. The van der Waals surface area contributed by atoms with Gasteiger partial charge in [0.2, 0.25) is 5.96 Å². The number of amidine groups is 1. The van der Waals surface area contributed by atoms with Crippen LogP contribution >= 0.6 is 0 Å². The Bertz CT molecular complexity index is 361. The first-order chi connectivity index (χ1) is 7.67. The molecule has 0 aromatic carbocycles. The van der Waals surface area contributed by atoms with Crippen LogP contribution in [0.15, 0.2) is 51.5 Å². The van der Waals surface area contributed by atoms with E-state index in [4.69, 9.17) is 5.73 Å². The number of guanidine groups is 1. The van der Waals surface area contributed by atoms with Crippen LogP contribution in [0.3, 0.4) is 0 Å². The number of aliphatic imine (C=N–C) groups is 2. The zero-order valence-electron chi connectivity index (χ0n) is 9.64. The van der Waals surface area contributed by atoms with Crippen molar-refractivity contribution in [1.82, 2.24) is 5.43 Å². The van der Waals surface area contributed by atoms with E-state index >= 15 is 0 Å². The summed E-state index contributed by atoms with van der Waals surface area (Å²) in [5.41, 5.74) is 9.00. The second kappa shape index (κ2) is 8.16. The van der Waals surface area contributed by atoms with Gasteiger partial charge >= 0.3 is 0 Å². The fourth-order valence-corrected chi connectivity index (χ4v) is 0.820. The summed E-state index contributed by atoms with van der Waals surface area (Å²) < 4.78 is 0. The van der Waals surface area contributed by atoms with Crippen LogP contribution in [0.4, 0.5) is 0 Å². The van der Waals surface area contributed by atoms with E-state index in [2.05, 4.69) is 33.8 Å². The highest BCUT2D eigenvalue weighted by Gasteiger charge is 1.92. The number of nitrogens with zero attached hydrogens (tertiary/aromatic N) is 3. The van der Waals surface area contributed by atoms with E-state index in [9.17, 15) is 0 Å². The first-order valence-electron chi connectivity index (χ1n) is 4.70. The van der Waals surface area contributed by atoms with Crippen molar-refractivity contribution in [3.8, 4) is 0 Å². The van der Waals surface area contributed by atoms with Gasteiger partial charge in [-0.3, -0.25) is 0 Å². The van der Waals surface area contributed by atoms with E-state index in [0.717, 1.165) is 5.57 Å². The van der Waals surface area contributed by atoms with Gasteiger partial charge in [-0.25, -0.2) is 4.99 Å². The molecule has 0 saturated heterocycles. The zero-order chi connectivity index (χ0) is 12.4. The van der Waals surface area contributed by atoms with Crippen LogP contribution in [0.25, 0.3) is 0 Å². The number of allylic oxidation sites excluding steroid dienone is 4. The van der Waals surface area contributed by atoms with Gasteiger partial charge < -0.3 is 11.2 Å². The van der Waals surface area contributed by atoms with Crippen molar-refractivity contribution < 1.29 is 0 Å². The lowest BCUT2D eigenvalue weighted by Gasteiger charge is -1.95. The van der Waals surface area contributed by atoms with Crippen LogP contribution < -0.4 is 11.2 Å². The fourth-order valence-electron chi connectivity index (χ4n) is 0.820. The van der Waals surface area contributed by atoms with Gasteiger partial charge in [0.1, 0.15) is 0 Å². The average molecular weight is 219 g/mol. The molecule has 0 fully saturated rings. The molecule has 0 aliphatic carbocycles. The van der Waals surface area contributed by atoms with Crippen LogP contribution in [0.2, 0.25) is 0 Å². The Kier molecular flexibility index (Phi) is 7.06. The Labute approximate surface area is 95.9 Å². The molecule has 86 valence electrons. The fraction of sp³-hybridized carbons (Fsp3) is 0.182. The monoisotopic (exact) mass is 219 g/mol. The van der Waals surface area contributed by atoms with E-state index in [-0.39, 0.29) is 5.96 Å². The molecule has 5 heteroatoms. The molecule has 0 saturated carbocycles. The predicted molar refractivity (Wildman–Crippen MR) is 70.8 cm³/mol. The predicted octanol–water partition coefficient (Wildman–Crippen LogP) is 1.22. The van der Waals surface area contributed by atoms with Crippen molar-refractivity contribution in [2.24, 2.45) is 20.8 Å². The lowest BCUT2D eigenvalue weighted by Crippen LogP contribution is -2.11. The van der Waals surface area contributed by atoms with Gasteiger partial charge in [-0.1, -0.05) is 24.8 Å². The summed E-state index contributed by atoms with van der Waals surface area (Å²) in [5, 5.41) is 3.92. The maximum Gasteiger partial charge on any atom is 0.221 e.